The second-order valence-electron chi connectivity index (χ2n) is 4.39. The molecule has 0 spiro atoms. The zero-order valence-electron chi connectivity index (χ0n) is 11.1. The first-order valence-corrected chi connectivity index (χ1v) is 8.48. The number of carbonyl (C=O) groups is 1. The zero-order chi connectivity index (χ0) is 15.0. The third-order valence-electron chi connectivity index (χ3n) is 3.10. The largest absolute Gasteiger partial charge is 0.374 e. The van der Waals surface area contributed by atoms with Gasteiger partial charge in [-0.05, 0) is 19.1 Å². The number of anilines is 1. The van der Waals surface area contributed by atoms with Crippen LogP contribution in [0.15, 0.2) is 29.2 Å². The molecule has 0 fully saturated rings. The van der Waals surface area contributed by atoms with Gasteiger partial charge in [-0.2, -0.15) is 0 Å². The monoisotopic (exact) mass is 324 g/mol. The minimum atomic E-state index is -3.81. The molecule has 1 N–H and O–H groups in total. The van der Waals surface area contributed by atoms with Crippen LogP contribution in [0.25, 0.3) is 0 Å². The number of amides is 1. The van der Waals surface area contributed by atoms with Gasteiger partial charge in [-0.3, -0.25) is 4.79 Å². The van der Waals surface area contributed by atoms with Crippen LogP contribution >= 0.6 is 11.5 Å². The Labute approximate surface area is 125 Å². The Balaban J connectivity index is 1.98. The summed E-state index contributed by atoms with van der Waals surface area (Å²) in [7, 11) is -3.81. The van der Waals surface area contributed by atoms with Crippen molar-refractivity contribution < 1.29 is 13.2 Å². The second-order valence-corrected chi connectivity index (χ2v) is 6.98. The predicted molar refractivity (Wildman–Crippen MR) is 77.6 cm³/mol. The predicted octanol–water partition coefficient (Wildman–Crippen LogP) is 1.31. The van der Waals surface area contributed by atoms with E-state index in [9.17, 15) is 13.2 Å². The summed E-state index contributed by atoms with van der Waals surface area (Å²) in [6, 6.07) is 6.19. The smallest absolute Gasteiger partial charge is 0.269 e. The Hall–Kier alpha value is -2.00. The highest BCUT2D eigenvalue weighted by atomic mass is 32.2. The molecule has 1 aromatic carbocycles. The van der Waals surface area contributed by atoms with E-state index in [0.717, 1.165) is 15.8 Å². The van der Waals surface area contributed by atoms with Crippen LogP contribution in [0.2, 0.25) is 0 Å². The van der Waals surface area contributed by atoms with E-state index < -0.39 is 15.9 Å². The molecule has 0 saturated carbocycles. The number of carbonyl (C=O) groups excluding carboxylic acids is 1. The van der Waals surface area contributed by atoms with Gasteiger partial charge in [0.15, 0.2) is 0 Å². The quantitative estimate of drug-likeness (QED) is 0.912. The summed E-state index contributed by atoms with van der Waals surface area (Å²) in [4.78, 5) is 12.3. The van der Waals surface area contributed by atoms with Crippen molar-refractivity contribution in [1.29, 1.82) is 0 Å². The van der Waals surface area contributed by atoms with Gasteiger partial charge in [0.1, 0.15) is 15.6 Å². The van der Waals surface area contributed by atoms with Gasteiger partial charge >= 0.3 is 0 Å². The molecule has 0 aliphatic carbocycles. The lowest BCUT2D eigenvalue weighted by Gasteiger charge is -2.14. The molecule has 2 heterocycles. The van der Waals surface area contributed by atoms with Crippen molar-refractivity contribution in [2.45, 2.75) is 18.4 Å². The minimum Gasteiger partial charge on any atom is -0.374 e. The van der Waals surface area contributed by atoms with E-state index in [-0.39, 0.29) is 17.0 Å². The van der Waals surface area contributed by atoms with E-state index in [0.29, 0.717) is 17.2 Å². The Bertz CT molecular complexity index is 800. The molecule has 21 heavy (non-hydrogen) atoms. The van der Waals surface area contributed by atoms with Crippen molar-refractivity contribution in [1.82, 2.24) is 13.9 Å². The number of fused-ring (bicyclic) bond motifs is 1. The van der Waals surface area contributed by atoms with E-state index in [1.807, 2.05) is 6.92 Å². The molecular formula is C12H12N4O3S2. The maximum absolute atomic E-state index is 12.4. The van der Waals surface area contributed by atoms with Gasteiger partial charge in [0.2, 0.25) is 0 Å². The first-order chi connectivity index (χ1) is 10.1. The Morgan fingerprint density at radius 1 is 1.33 bits per heavy atom. The van der Waals surface area contributed by atoms with Gasteiger partial charge in [0.25, 0.3) is 15.9 Å². The topological polar surface area (TPSA) is 92.3 Å². The summed E-state index contributed by atoms with van der Waals surface area (Å²) < 4.78 is 29.5. The number of nitrogens with zero attached hydrogens (tertiary/aromatic N) is 3. The first kappa shape index (κ1) is 14.0. The normalized spacial score (nSPS) is 16.0. The van der Waals surface area contributed by atoms with Crippen LogP contribution in [-0.4, -0.2) is 34.8 Å². The number of nitrogens with one attached hydrogen (secondary N) is 1. The lowest BCUT2D eigenvalue weighted by Crippen LogP contribution is -2.29. The average molecular weight is 324 g/mol. The number of rotatable bonds is 4. The van der Waals surface area contributed by atoms with Crippen LogP contribution in [0, 0.1) is 0 Å². The lowest BCUT2D eigenvalue weighted by molar-refractivity contribution is 0.0864. The minimum absolute atomic E-state index is 0.0446. The molecule has 3 rings (SSSR count). The molecule has 1 amide bonds. The van der Waals surface area contributed by atoms with Gasteiger partial charge < -0.3 is 5.32 Å². The summed E-state index contributed by atoms with van der Waals surface area (Å²) in [5, 5.41) is 7.64. The number of benzene rings is 1. The maximum Gasteiger partial charge on any atom is 0.269 e. The highest BCUT2D eigenvalue weighted by Gasteiger charge is 2.41. The van der Waals surface area contributed by atoms with Crippen LogP contribution in [0.1, 0.15) is 23.0 Å². The molecule has 0 unspecified atom stereocenters. The van der Waals surface area contributed by atoms with E-state index in [1.165, 1.54) is 12.1 Å². The summed E-state index contributed by atoms with van der Waals surface area (Å²) in [6.45, 7) is 2.46. The number of sulfonamides is 1. The SMILES string of the molecule is CCNc1snnc1CN1C(=O)c2ccccc2S1(=O)=O. The standard InChI is InChI=1S/C12H12N4O3S2/c1-2-13-11-9(14-15-20-11)7-16-12(17)8-5-3-4-6-10(8)21(16,18)19/h3-6,13H,2,7H2,1H3. The molecule has 0 bridgehead atoms. The van der Waals surface area contributed by atoms with Crippen molar-refractivity contribution in [2.75, 3.05) is 11.9 Å². The van der Waals surface area contributed by atoms with E-state index in [4.69, 9.17) is 0 Å². The Morgan fingerprint density at radius 3 is 2.81 bits per heavy atom. The van der Waals surface area contributed by atoms with E-state index >= 15 is 0 Å². The highest BCUT2D eigenvalue weighted by molar-refractivity contribution is 7.90. The van der Waals surface area contributed by atoms with Crippen molar-refractivity contribution in [2.24, 2.45) is 0 Å². The van der Waals surface area contributed by atoms with Gasteiger partial charge in [0.05, 0.1) is 12.1 Å². The van der Waals surface area contributed by atoms with Gasteiger partial charge in [-0.25, -0.2) is 12.7 Å². The third-order valence-corrected chi connectivity index (χ3v) is 5.61. The summed E-state index contributed by atoms with van der Waals surface area (Å²) in [5.41, 5.74) is 0.650. The van der Waals surface area contributed by atoms with Gasteiger partial charge in [-0.15, -0.1) is 5.10 Å². The van der Waals surface area contributed by atoms with Gasteiger partial charge in [-0.1, -0.05) is 16.6 Å². The van der Waals surface area contributed by atoms with Crippen molar-refractivity contribution >= 4 is 32.5 Å². The van der Waals surface area contributed by atoms with Gasteiger partial charge in [0, 0.05) is 18.1 Å². The molecule has 1 aliphatic heterocycles. The van der Waals surface area contributed by atoms with Crippen LogP contribution in [0.4, 0.5) is 5.00 Å². The molecule has 110 valence electrons. The first-order valence-electron chi connectivity index (χ1n) is 6.27. The highest BCUT2D eigenvalue weighted by Crippen LogP contribution is 2.32. The van der Waals surface area contributed by atoms with Crippen molar-refractivity contribution in [3.05, 3.63) is 35.5 Å². The van der Waals surface area contributed by atoms with Crippen LogP contribution in [-0.2, 0) is 16.6 Å². The van der Waals surface area contributed by atoms with Crippen LogP contribution in [0.3, 0.4) is 0 Å². The Morgan fingerprint density at radius 2 is 2.10 bits per heavy atom. The molecule has 0 radical (unpaired) electrons. The maximum atomic E-state index is 12.4. The number of hydrogen-bond acceptors (Lipinski definition) is 7. The number of hydrogen-bond donors (Lipinski definition) is 1. The lowest BCUT2D eigenvalue weighted by atomic mass is 10.2. The molecule has 0 atom stereocenters. The fourth-order valence-electron chi connectivity index (χ4n) is 2.13. The van der Waals surface area contributed by atoms with E-state index in [2.05, 4.69) is 14.9 Å². The second kappa shape index (κ2) is 5.08. The fraction of sp³-hybridized carbons (Fsp3) is 0.250. The molecule has 1 aromatic heterocycles. The molecule has 0 saturated heterocycles. The molecule has 2 aromatic rings. The van der Waals surface area contributed by atoms with Crippen LogP contribution < -0.4 is 5.32 Å². The third kappa shape index (κ3) is 2.18. The summed E-state index contributed by atoms with van der Waals surface area (Å²) in [6.07, 6.45) is 0. The molecular weight excluding hydrogens is 312 g/mol. The van der Waals surface area contributed by atoms with Crippen molar-refractivity contribution in [3.63, 3.8) is 0 Å². The number of aromatic nitrogens is 2. The summed E-state index contributed by atoms with van der Waals surface area (Å²) in [5.74, 6) is -0.527. The van der Waals surface area contributed by atoms with E-state index in [1.54, 1.807) is 12.1 Å². The fourth-order valence-corrected chi connectivity index (χ4v) is 4.30. The molecule has 7 nitrogen and oxygen atoms in total. The summed E-state index contributed by atoms with van der Waals surface area (Å²) >= 11 is 1.14. The van der Waals surface area contributed by atoms with Crippen molar-refractivity contribution in [3.8, 4) is 0 Å². The Kier molecular flexibility index (Phi) is 3.38. The zero-order valence-corrected chi connectivity index (χ0v) is 12.7. The molecule has 1 aliphatic rings. The van der Waals surface area contributed by atoms with Crippen LogP contribution in [0.5, 0.6) is 0 Å². The molecule has 9 heteroatoms. The average Bonchev–Trinajstić information content (AvgIpc) is 2.98.